The Morgan fingerprint density at radius 1 is 1.28 bits per heavy atom. The minimum atomic E-state index is -3.88. The summed E-state index contributed by atoms with van der Waals surface area (Å²) in [6, 6.07) is 3.43. The van der Waals surface area contributed by atoms with Crippen LogP contribution >= 0.6 is 10.7 Å². The van der Waals surface area contributed by atoms with E-state index in [0.717, 1.165) is 12.1 Å². The van der Waals surface area contributed by atoms with Crippen LogP contribution in [0.1, 0.15) is 5.56 Å². The van der Waals surface area contributed by atoms with E-state index in [-0.39, 0.29) is 11.6 Å². The van der Waals surface area contributed by atoms with Crippen molar-refractivity contribution in [1.29, 1.82) is 0 Å². The molecule has 0 aliphatic rings. The highest BCUT2D eigenvalue weighted by Crippen LogP contribution is 2.14. The molecule has 0 bridgehead atoms. The van der Waals surface area contributed by atoms with Crippen molar-refractivity contribution in [3.05, 3.63) is 47.9 Å². The molecule has 0 spiro atoms. The van der Waals surface area contributed by atoms with Gasteiger partial charge in [0.2, 0.25) is 0 Å². The predicted octanol–water partition coefficient (Wildman–Crippen LogP) is 2.14. The fourth-order valence-electron chi connectivity index (χ4n) is 1.40. The van der Waals surface area contributed by atoms with Gasteiger partial charge in [-0.3, -0.25) is 0 Å². The van der Waals surface area contributed by atoms with Gasteiger partial charge in [-0.1, -0.05) is 6.07 Å². The lowest BCUT2D eigenvalue weighted by molar-refractivity contribution is 0.506. The number of halogens is 3. The molecule has 1 aromatic carbocycles. The fourth-order valence-corrected chi connectivity index (χ4v) is 2.07. The summed E-state index contributed by atoms with van der Waals surface area (Å²) in [5.41, 5.74) is 0.477. The lowest BCUT2D eigenvalue weighted by atomic mass is 10.2. The topological polar surface area (TPSA) is 52.0 Å². The van der Waals surface area contributed by atoms with Crippen molar-refractivity contribution in [2.45, 2.75) is 11.6 Å². The molecule has 0 saturated heterocycles. The predicted molar refractivity (Wildman–Crippen MR) is 60.7 cm³/mol. The maximum absolute atomic E-state index is 13.0. The Balaban J connectivity index is 2.24. The molecule has 96 valence electrons. The zero-order chi connectivity index (χ0) is 13.3. The Kier molecular flexibility index (Phi) is 3.36. The van der Waals surface area contributed by atoms with Crippen LogP contribution in [0.15, 0.2) is 35.7 Å². The van der Waals surface area contributed by atoms with Gasteiger partial charge in [-0.15, -0.1) is 0 Å². The highest BCUT2D eigenvalue weighted by Gasteiger charge is 2.13. The quantitative estimate of drug-likeness (QED) is 0.815. The zero-order valence-electron chi connectivity index (χ0n) is 8.85. The van der Waals surface area contributed by atoms with Crippen molar-refractivity contribution < 1.29 is 17.2 Å². The third-order valence-electron chi connectivity index (χ3n) is 2.21. The minimum Gasteiger partial charge on any atom is -0.332 e. The average Bonchev–Trinajstić information content (AvgIpc) is 2.72. The van der Waals surface area contributed by atoms with E-state index in [4.69, 9.17) is 10.7 Å². The first-order chi connectivity index (χ1) is 8.36. The summed E-state index contributed by atoms with van der Waals surface area (Å²) in [5.74, 6) is -1.90. The molecular weight excluding hydrogens is 286 g/mol. The van der Waals surface area contributed by atoms with Gasteiger partial charge < -0.3 is 4.57 Å². The van der Waals surface area contributed by atoms with E-state index in [9.17, 15) is 17.2 Å². The normalized spacial score (nSPS) is 11.7. The van der Waals surface area contributed by atoms with Crippen LogP contribution in [0.5, 0.6) is 0 Å². The summed E-state index contributed by atoms with van der Waals surface area (Å²) in [4.78, 5) is 3.60. The number of benzene rings is 1. The van der Waals surface area contributed by atoms with Gasteiger partial charge in [0.25, 0.3) is 9.05 Å². The first-order valence-electron chi connectivity index (χ1n) is 4.76. The van der Waals surface area contributed by atoms with E-state index >= 15 is 0 Å². The first kappa shape index (κ1) is 13.0. The van der Waals surface area contributed by atoms with Gasteiger partial charge in [0.15, 0.2) is 16.7 Å². The van der Waals surface area contributed by atoms with Gasteiger partial charge in [-0.05, 0) is 17.7 Å². The second-order valence-electron chi connectivity index (χ2n) is 3.57. The number of hydrogen-bond donors (Lipinski definition) is 0. The fraction of sp³-hybridized carbons (Fsp3) is 0.100. The smallest absolute Gasteiger partial charge is 0.280 e. The van der Waals surface area contributed by atoms with Gasteiger partial charge in [-0.25, -0.2) is 22.2 Å². The Labute approximate surface area is 106 Å². The van der Waals surface area contributed by atoms with E-state index in [1.807, 2.05) is 0 Å². The van der Waals surface area contributed by atoms with Crippen LogP contribution in [0.25, 0.3) is 0 Å². The number of rotatable bonds is 3. The molecule has 0 saturated carbocycles. The van der Waals surface area contributed by atoms with Gasteiger partial charge in [-0.2, -0.15) is 0 Å². The van der Waals surface area contributed by atoms with Crippen molar-refractivity contribution in [3.63, 3.8) is 0 Å². The van der Waals surface area contributed by atoms with Crippen LogP contribution in [0.2, 0.25) is 0 Å². The van der Waals surface area contributed by atoms with Crippen molar-refractivity contribution >= 4 is 19.7 Å². The highest BCUT2D eigenvalue weighted by atomic mass is 35.7. The van der Waals surface area contributed by atoms with Crippen LogP contribution in [-0.2, 0) is 15.6 Å². The summed E-state index contributed by atoms with van der Waals surface area (Å²) >= 11 is 0. The molecule has 4 nitrogen and oxygen atoms in total. The molecule has 0 N–H and O–H groups in total. The van der Waals surface area contributed by atoms with Gasteiger partial charge in [0, 0.05) is 23.4 Å². The molecule has 0 amide bonds. The molecule has 0 aliphatic carbocycles. The largest absolute Gasteiger partial charge is 0.332 e. The van der Waals surface area contributed by atoms with E-state index in [2.05, 4.69) is 4.98 Å². The third kappa shape index (κ3) is 2.85. The second-order valence-corrected chi connectivity index (χ2v) is 6.08. The average molecular weight is 293 g/mol. The molecular formula is C10H7ClF2N2O2S. The maximum atomic E-state index is 13.0. The standard InChI is InChI=1S/C10H7ClF2N2O2S/c11-18(16,17)10-5-15(6-14-10)4-7-1-2-8(12)9(13)3-7/h1-3,5-6H,4H2. The van der Waals surface area contributed by atoms with Crippen LogP contribution in [0.3, 0.4) is 0 Å². The molecule has 1 heterocycles. The van der Waals surface area contributed by atoms with Gasteiger partial charge >= 0.3 is 0 Å². The van der Waals surface area contributed by atoms with Gasteiger partial charge in [0.05, 0.1) is 6.33 Å². The molecule has 2 aromatic rings. The van der Waals surface area contributed by atoms with Crippen LogP contribution in [0.4, 0.5) is 8.78 Å². The zero-order valence-corrected chi connectivity index (χ0v) is 10.4. The van der Waals surface area contributed by atoms with E-state index in [1.165, 1.54) is 23.2 Å². The molecule has 18 heavy (non-hydrogen) atoms. The molecule has 2 rings (SSSR count). The van der Waals surface area contributed by atoms with Crippen molar-refractivity contribution in [2.24, 2.45) is 0 Å². The number of imidazole rings is 1. The number of nitrogens with zero attached hydrogens (tertiary/aromatic N) is 2. The summed E-state index contributed by atoms with van der Waals surface area (Å²) < 4.78 is 49.0. The Hall–Kier alpha value is -1.47. The summed E-state index contributed by atoms with van der Waals surface area (Å²) in [7, 11) is 1.22. The van der Waals surface area contributed by atoms with Crippen LogP contribution < -0.4 is 0 Å². The lowest BCUT2D eigenvalue weighted by Crippen LogP contribution is -1.98. The molecule has 8 heteroatoms. The molecule has 0 atom stereocenters. The summed E-state index contributed by atoms with van der Waals surface area (Å²) in [6.45, 7) is 0.163. The van der Waals surface area contributed by atoms with Crippen molar-refractivity contribution in [3.8, 4) is 0 Å². The SMILES string of the molecule is O=S(=O)(Cl)c1cn(Cc2ccc(F)c(F)c2)cn1. The molecule has 0 aliphatic heterocycles. The second kappa shape index (κ2) is 4.66. The van der Waals surface area contributed by atoms with E-state index < -0.39 is 20.7 Å². The van der Waals surface area contributed by atoms with Crippen LogP contribution in [0, 0.1) is 11.6 Å². The van der Waals surface area contributed by atoms with E-state index in [1.54, 1.807) is 0 Å². The molecule has 0 radical (unpaired) electrons. The van der Waals surface area contributed by atoms with Crippen molar-refractivity contribution in [1.82, 2.24) is 9.55 Å². The Bertz CT molecular complexity index is 685. The first-order valence-corrected chi connectivity index (χ1v) is 7.07. The Morgan fingerprint density at radius 3 is 2.56 bits per heavy atom. The molecule has 0 unspecified atom stereocenters. The van der Waals surface area contributed by atoms with Crippen molar-refractivity contribution in [2.75, 3.05) is 0 Å². The highest BCUT2D eigenvalue weighted by molar-refractivity contribution is 8.13. The summed E-state index contributed by atoms with van der Waals surface area (Å²) in [6.07, 6.45) is 2.46. The summed E-state index contributed by atoms with van der Waals surface area (Å²) in [5, 5.41) is -0.285. The van der Waals surface area contributed by atoms with Gasteiger partial charge in [0.1, 0.15) is 0 Å². The lowest BCUT2D eigenvalue weighted by Gasteiger charge is -2.02. The maximum Gasteiger partial charge on any atom is 0.280 e. The minimum absolute atomic E-state index is 0.163. The third-order valence-corrected chi connectivity index (χ3v) is 3.39. The molecule has 0 fully saturated rings. The Morgan fingerprint density at radius 2 is 2.00 bits per heavy atom. The monoisotopic (exact) mass is 292 g/mol. The van der Waals surface area contributed by atoms with Crippen LogP contribution in [-0.4, -0.2) is 18.0 Å². The molecule has 1 aromatic heterocycles. The van der Waals surface area contributed by atoms with E-state index in [0.29, 0.717) is 5.56 Å². The number of hydrogen-bond acceptors (Lipinski definition) is 3. The number of aromatic nitrogens is 2.